The average molecular weight is 353 g/mol. The zero-order chi connectivity index (χ0) is 11.5. The normalized spacial score (nSPS) is 17.4. The van der Waals surface area contributed by atoms with E-state index in [4.69, 9.17) is 9.47 Å². The lowest BCUT2D eigenvalue weighted by Gasteiger charge is -2.20. The molecule has 2 heterocycles. The van der Waals surface area contributed by atoms with Gasteiger partial charge in [-0.05, 0) is 47.0 Å². The maximum Gasteiger partial charge on any atom is 0.350 e. The molecule has 0 aromatic carbocycles. The van der Waals surface area contributed by atoms with E-state index in [0.29, 0.717) is 10.8 Å². The Morgan fingerprint density at radius 3 is 2.88 bits per heavy atom. The van der Waals surface area contributed by atoms with Gasteiger partial charge in [0.1, 0.15) is 4.88 Å². The Bertz CT molecular complexity index is 387. The molecule has 0 spiro atoms. The third kappa shape index (κ3) is 2.38. The van der Waals surface area contributed by atoms with Gasteiger partial charge < -0.3 is 9.47 Å². The fourth-order valence-corrected chi connectivity index (χ4v) is 3.75. The molecule has 0 bridgehead atoms. The second kappa shape index (κ2) is 5.42. The van der Waals surface area contributed by atoms with E-state index in [9.17, 15) is 4.79 Å². The van der Waals surface area contributed by atoms with Crippen molar-refractivity contribution in [3.8, 4) is 0 Å². The lowest BCUT2D eigenvalue weighted by atomic mass is 9.96. The largest absolute Gasteiger partial charge is 0.465 e. The number of carbonyl (C=O) groups is 1. The first-order valence-electron chi connectivity index (χ1n) is 5.05. The van der Waals surface area contributed by atoms with E-state index in [1.54, 1.807) is 0 Å². The van der Waals surface area contributed by atoms with Gasteiger partial charge in [-0.15, -0.1) is 0 Å². The Hall–Kier alpha value is -0.210. The summed E-state index contributed by atoms with van der Waals surface area (Å²) in [5.41, 5.74) is 1.04. The number of aromatic nitrogens is 1. The summed E-state index contributed by atoms with van der Waals surface area (Å²) < 4.78 is 15.4. The molecule has 1 saturated heterocycles. The SMILES string of the molecule is COC(=O)c1snc(C2CCOCC2)c1I. The molecule has 1 aromatic heterocycles. The molecule has 1 fully saturated rings. The van der Waals surface area contributed by atoms with E-state index in [1.807, 2.05) is 0 Å². The highest BCUT2D eigenvalue weighted by Crippen LogP contribution is 2.33. The summed E-state index contributed by atoms with van der Waals surface area (Å²) in [7, 11) is 1.40. The van der Waals surface area contributed by atoms with Gasteiger partial charge in [0.2, 0.25) is 0 Å². The number of halogens is 1. The second-order valence-corrected chi connectivity index (χ2v) is 5.44. The standard InChI is InChI=1S/C10H12INO3S/c1-14-10(13)9-7(11)8(12-16-9)6-2-4-15-5-3-6/h6H,2-5H2,1H3. The summed E-state index contributed by atoms with van der Waals surface area (Å²) in [6, 6.07) is 0. The minimum Gasteiger partial charge on any atom is -0.465 e. The van der Waals surface area contributed by atoms with Gasteiger partial charge in [-0.3, -0.25) is 0 Å². The van der Waals surface area contributed by atoms with Crippen LogP contribution in [0.3, 0.4) is 0 Å². The summed E-state index contributed by atoms with van der Waals surface area (Å²) in [6.07, 6.45) is 1.97. The molecule has 88 valence electrons. The van der Waals surface area contributed by atoms with Crippen LogP contribution in [-0.2, 0) is 9.47 Å². The molecule has 0 radical (unpaired) electrons. The van der Waals surface area contributed by atoms with Crippen molar-refractivity contribution in [1.29, 1.82) is 0 Å². The summed E-state index contributed by atoms with van der Waals surface area (Å²) in [5, 5.41) is 0. The molecule has 0 unspecified atom stereocenters. The van der Waals surface area contributed by atoms with Crippen LogP contribution in [0.5, 0.6) is 0 Å². The second-order valence-electron chi connectivity index (χ2n) is 3.59. The topological polar surface area (TPSA) is 48.4 Å². The van der Waals surface area contributed by atoms with Gasteiger partial charge in [-0.2, -0.15) is 4.37 Å². The van der Waals surface area contributed by atoms with Crippen molar-refractivity contribution in [1.82, 2.24) is 4.37 Å². The van der Waals surface area contributed by atoms with Crippen LogP contribution in [0, 0.1) is 3.57 Å². The van der Waals surface area contributed by atoms with Crippen LogP contribution in [0.1, 0.15) is 34.1 Å². The van der Waals surface area contributed by atoms with Gasteiger partial charge in [-0.25, -0.2) is 4.79 Å². The highest BCUT2D eigenvalue weighted by molar-refractivity contribution is 14.1. The average Bonchev–Trinajstić information content (AvgIpc) is 2.71. The maximum atomic E-state index is 11.4. The first-order chi connectivity index (χ1) is 7.74. The number of ether oxygens (including phenoxy) is 2. The van der Waals surface area contributed by atoms with E-state index in [-0.39, 0.29) is 5.97 Å². The molecule has 1 aliphatic rings. The number of rotatable bonds is 2. The summed E-state index contributed by atoms with van der Waals surface area (Å²) >= 11 is 3.41. The number of methoxy groups -OCH3 is 1. The van der Waals surface area contributed by atoms with Crippen molar-refractivity contribution in [2.24, 2.45) is 0 Å². The Labute approximate surface area is 112 Å². The first-order valence-corrected chi connectivity index (χ1v) is 6.90. The van der Waals surface area contributed by atoms with Crippen molar-refractivity contribution in [2.45, 2.75) is 18.8 Å². The third-order valence-electron chi connectivity index (χ3n) is 2.64. The van der Waals surface area contributed by atoms with Gasteiger partial charge in [0.15, 0.2) is 0 Å². The van der Waals surface area contributed by atoms with E-state index >= 15 is 0 Å². The predicted octanol–water partition coefficient (Wildman–Crippen LogP) is 2.43. The Balaban J connectivity index is 2.21. The van der Waals surface area contributed by atoms with Crippen LogP contribution >= 0.6 is 34.1 Å². The van der Waals surface area contributed by atoms with Crippen molar-refractivity contribution < 1.29 is 14.3 Å². The molecule has 1 aliphatic heterocycles. The van der Waals surface area contributed by atoms with Gasteiger partial charge in [0, 0.05) is 19.1 Å². The molecular formula is C10H12INO3S. The van der Waals surface area contributed by atoms with Crippen molar-refractivity contribution >= 4 is 40.1 Å². The van der Waals surface area contributed by atoms with E-state index in [0.717, 1.165) is 35.3 Å². The van der Waals surface area contributed by atoms with Gasteiger partial charge in [0.05, 0.1) is 16.4 Å². The molecular weight excluding hydrogens is 341 g/mol. The molecule has 0 saturated carbocycles. The molecule has 0 aliphatic carbocycles. The molecule has 16 heavy (non-hydrogen) atoms. The quantitative estimate of drug-likeness (QED) is 0.605. The molecule has 6 heteroatoms. The van der Waals surface area contributed by atoms with Crippen LogP contribution in [0.2, 0.25) is 0 Å². The van der Waals surface area contributed by atoms with Crippen LogP contribution in [0.15, 0.2) is 0 Å². The highest BCUT2D eigenvalue weighted by Gasteiger charge is 2.25. The highest BCUT2D eigenvalue weighted by atomic mass is 127. The molecule has 1 aromatic rings. The van der Waals surface area contributed by atoms with Gasteiger partial charge in [0.25, 0.3) is 0 Å². The zero-order valence-corrected chi connectivity index (χ0v) is 11.8. The number of hydrogen-bond acceptors (Lipinski definition) is 5. The smallest absolute Gasteiger partial charge is 0.350 e. The van der Waals surface area contributed by atoms with Crippen molar-refractivity contribution in [3.05, 3.63) is 14.1 Å². The summed E-state index contributed by atoms with van der Waals surface area (Å²) in [5.74, 6) is 0.135. The molecule has 4 nitrogen and oxygen atoms in total. The van der Waals surface area contributed by atoms with Crippen LogP contribution < -0.4 is 0 Å². The summed E-state index contributed by atoms with van der Waals surface area (Å²) in [4.78, 5) is 12.1. The summed E-state index contributed by atoms with van der Waals surface area (Å²) in [6.45, 7) is 1.57. The fraction of sp³-hybridized carbons (Fsp3) is 0.600. The fourth-order valence-electron chi connectivity index (χ4n) is 1.74. The number of nitrogens with zero attached hydrogens (tertiary/aromatic N) is 1. The Morgan fingerprint density at radius 2 is 2.25 bits per heavy atom. The monoisotopic (exact) mass is 353 g/mol. The lowest BCUT2D eigenvalue weighted by molar-refractivity contribution is 0.0605. The number of esters is 1. The van der Waals surface area contributed by atoms with Crippen LogP contribution in [0.4, 0.5) is 0 Å². The molecule has 2 rings (SSSR count). The van der Waals surface area contributed by atoms with Gasteiger partial charge >= 0.3 is 5.97 Å². The Kier molecular flexibility index (Phi) is 4.15. The van der Waals surface area contributed by atoms with Crippen LogP contribution in [-0.4, -0.2) is 30.7 Å². The molecule has 0 atom stereocenters. The minimum absolute atomic E-state index is 0.291. The maximum absolute atomic E-state index is 11.4. The molecule has 0 amide bonds. The number of carbonyl (C=O) groups excluding carboxylic acids is 1. The Morgan fingerprint density at radius 1 is 1.56 bits per heavy atom. The molecule has 0 N–H and O–H groups in total. The van der Waals surface area contributed by atoms with Crippen molar-refractivity contribution in [3.63, 3.8) is 0 Å². The third-order valence-corrected chi connectivity index (χ3v) is 4.94. The zero-order valence-electron chi connectivity index (χ0n) is 8.86. The van der Waals surface area contributed by atoms with Gasteiger partial charge in [-0.1, -0.05) is 0 Å². The van der Waals surface area contributed by atoms with Crippen molar-refractivity contribution in [2.75, 3.05) is 20.3 Å². The number of hydrogen-bond donors (Lipinski definition) is 0. The van der Waals surface area contributed by atoms with E-state index in [1.165, 1.54) is 18.6 Å². The predicted molar refractivity (Wildman–Crippen MR) is 69.0 cm³/mol. The first kappa shape index (κ1) is 12.3. The van der Waals surface area contributed by atoms with E-state index < -0.39 is 0 Å². The van der Waals surface area contributed by atoms with Crippen LogP contribution in [0.25, 0.3) is 0 Å². The van der Waals surface area contributed by atoms with E-state index in [2.05, 4.69) is 27.0 Å². The lowest BCUT2D eigenvalue weighted by Crippen LogP contribution is -2.15. The minimum atomic E-state index is -0.291.